The fourth-order valence-electron chi connectivity index (χ4n) is 3.08. The lowest BCUT2D eigenvalue weighted by atomic mass is 10.2. The van der Waals surface area contributed by atoms with E-state index >= 15 is 0 Å². The minimum absolute atomic E-state index is 0.758. The molecule has 1 fully saturated rings. The monoisotopic (exact) mass is 358 g/mol. The third-order valence-corrected chi connectivity index (χ3v) is 5.86. The van der Waals surface area contributed by atoms with Gasteiger partial charge in [-0.25, -0.2) is 9.97 Å². The number of benzene rings is 1. The Morgan fingerprint density at radius 3 is 2.71 bits per heavy atom. The zero-order valence-corrected chi connectivity index (χ0v) is 15.1. The van der Waals surface area contributed by atoms with Crippen LogP contribution in [0.4, 0.5) is 5.82 Å². The van der Waals surface area contributed by atoms with Crippen molar-refractivity contribution in [3.8, 4) is 10.4 Å². The van der Waals surface area contributed by atoms with Gasteiger partial charge in [0.25, 0.3) is 0 Å². The predicted octanol–water partition coefficient (Wildman–Crippen LogP) is 4.15. The molecule has 0 atom stereocenters. The first-order chi connectivity index (χ1) is 11.7. The highest BCUT2D eigenvalue weighted by Gasteiger charge is 2.18. The summed E-state index contributed by atoms with van der Waals surface area (Å²) in [6, 6.07) is 10.1. The molecule has 1 saturated heterocycles. The van der Waals surface area contributed by atoms with Crippen LogP contribution >= 0.6 is 22.9 Å². The van der Waals surface area contributed by atoms with Gasteiger partial charge in [0.2, 0.25) is 0 Å². The number of anilines is 1. The molecule has 4 rings (SSSR count). The molecule has 0 unspecified atom stereocenters. The Labute approximate surface area is 150 Å². The number of hydrogen-bond acceptors (Lipinski definition) is 5. The topological polar surface area (TPSA) is 32.3 Å². The van der Waals surface area contributed by atoms with Crippen molar-refractivity contribution >= 4 is 39.0 Å². The molecular formula is C18H19ClN4S. The number of nitrogens with zero attached hydrogens (tertiary/aromatic N) is 4. The molecule has 1 aliphatic heterocycles. The van der Waals surface area contributed by atoms with E-state index in [-0.39, 0.29) is 0 Å². The molecule has 1 aliphatic rings. The van der Waals surface area contributed by atoms with Crippen molar-refractivity contribution in [2.45, 2.75) is 6.42 Å². The first-order valence-electron chi connectivity index (χ1n) is 8.15. The number of thiophene rings is 1. The molecule has 0 radical (unpaired) electrons. The Hall–Kier alpha value is -1.69. The highest BCUT2D eigenvalue weighted by Crippen LogP contribution is 2.37. The summed E-state index contributed by atoms with van der Waals surface area (Å²) < 4.78 is 1.17. The summed E-state index contributed by atoms with van der Waals surface area (Å²) in [4.78, 5) is 15.1. The normalized spacial score (nSPS) is 16.5. The van der Waals surface area contributed by atoms with E-state index in [9.17, 15) is 0 Å². The number of aromatic nitrogens is 2. The Bertz CT molecular complexity index is 846. The molecule has 124 valence electrons. The fraction of sp³-hybridized carbons (Fsp3) is 0.333. The smallest absolute Gasteiger partial charge is 0.150 e. The summed E-state index contributed by atoms with van der Waals surface area (Å²) in [5.41, 5.74) is 2.19. The van der Waals surface area contributed by atoms with Gasteiger partial charge in [-0.2, -0.15) is 0 Å². The van der Waals surface area contributed by atoms with Gasteiger partial charge in [-0.15, -0.1) is 11.3 Å². The van der Waals surface area contributed by atoms with E-state index in [0.29, 0.717) is 0 Å². The Kier molecular flexibility index (Phi) is 4.39. The van der Waals surface area contributed by atoms with Gasteiger partial charge in [-0.3, -0.25) is 0 Å². The Morgan fingerprint density at radius 2 is 1.88 bits per heavy atom. The van der Waals surface area contributed by atoms with Crippen molar-refractivity contribution in [1.82, 2.24) is 14.9 Å². The maximum atomic E-state index is 6.00. The molecule has 0 bridgehead atoms. The maximum Gasteiger partial charge on any atom is 0.150 e. The molecule has 3 heterocycles. The van der Waals surface area contributed by atoms with Crippen LogP contribution in [0.15, 0.2) is 36.7 Å². The molecule has 0 aliphatic carbocycles. The van der Waals surface area contributed by atoms with Crippen molar-refractivity contribution < 1.29 is 0 Å². The lowest BCUT2D eigenvalue weighted by Gasteiger charge is -2.21. The van der Waals surface area contributed by atoms with Crippen molar-refractivity contribution in [2.24, 2.45) is 0 Å². The number of likely N-dealkylation sites (N-methyl/N-ethyl adjacent to an activating group) is 1. The second kappa shape index (κ2) is 6.67. The maximum absolute atomic E-state index is 6.00. The second-order valence-electron chi connectivity index (χ2n) is 6.17. The zero-order chi connectivity index (χ0) is 16.5. The molecule has 0 spiro atoms. The van der Waals surface area contributed by atoms with Crippen LogP contribution in [0.1, 0.15) is 6.42 Å². The van der Waals surface area contributed by atoms with E-state index in [1.165, 1.54) is 15.1 Å². The molecule has 24 heavy (non-hydrogen) atoms. The lowest BCUT2D eigenvalue weighted by Crippen LogP contribution is -2.29. The lowest BCUT2D eigenvalue weighted by molar-refractivity contribution is 0.360. The molecule has 0 amide bonds. The minimum atomic E-state index is 0.758. The van der Waals surface area contributed by atoms with Crippen LogP contribution in [-0.4, -0.2) is 48.1 Å². The van der Waals surface area contributed by atoms with Crippen LogP contribution < -0.4 is 4.90 Å². The molecular weight excluding hydrogens is 340 g/mol. The minimum Gasteiger partial charge on any atom is -0.354 e. The molecule has 0 saturated carbocycles. The Morgan fingerprint density at radius 1 is 1.04 bits per heavy atom. The van der Waals surface area contributed by atoms with Gasteiger partial charge in [-0.1, -0.05) is 23.7 Å². The predicted molar refractivity (Wildman–Crippen MR) is 102 cm³/mol. The zero-order valence-electron chi connectivity index (χ0n) is 13.6. The summed E-state index contributed by atoms with van der Waals surface area (Å²) in [6.45, 7) is 4.27. The fourth-order valence-corrected chi connectivity index (χ4v) is 4.34. The summed E-state index contributed by atoms with van der Waals surface area (Å²) in [7, 11) is 2.18. The second-order valence-corrected chi connectivity index (χ2v) is 7.66. The van der Waals surface area contributed by atoms with Crippen LogP contribution in [0.2, 0.25) is 5.02 Å². The standard InChI is InChI=1S/C18H19ClN4S/c1-22-7-2-8-23(10-9-22)18-17-15(20-12-21-18)11-16(24-17)13-3-5-14(19)6-4-13/h3-6,11-12H,2,7-10H2,1H3. The van der Waals surface area contributed by atoms with E-state index < -0.39 is 0 Å². The highest BCUT2D eigenvalue weighted by atomic mass is 35.5. The van der Waals surface area contributed by atoms with Crippen LogP contribution in [0.5, 0.6) is 0 Å². The van der Waals surface area contributed by atoms with E-state index in [0.717, 1.165) is 49.0 Å². The quantitative estimate of drug-likeness (QED) is 0.688. The third kappa shape index (κ3) is 3.11. The van der Waals surface area contributed by atoms with E-state index in [4.69, 9.17) is 11.6 Å². The largest absolute Gasteiger partial charge is 0.354 e. The van der Waals surface area contributed by atoms with Gasteiger partial charge >= 0.3 is 0 Å². The average Bonchev–Trinajstić information content (AvgIpc) is 2.91. The number of fused-ring (bicyclic) bond motifs is 1. The summed E-state index contributed by atoms with van der Waals surface area (Å²) >= 11 is 7.76. The van der Waals surface area contributed by atoms with Crippen LogP contribution in [-0.2, 0) is 0 Å². The molecule has 2 aromatic heterocycles. The van der Waals surface area contributed by atoms with Crippen molar-refractivity contribution in [3.63, 3.8) is 0 Å². The van der Waals surface area contributed by atoms with Crippen molar-refractivity contribution in [2.75, 3.05) is 38.1 Å². The number of halogens is 1. The average molecular weight is 359 g/mol. The number of hydrogen-bond donors (Lipinski definition) is 0. The molecule has 4 nitrogen and oxygen atoms in total. The highest BCUT2D eigenvalue weighted by molar-refractivity contribution is 7.22. The molecule has 3 aromatic rings. The molecule has 6 heteroatoms. The van der Waals surface area contributed by atoms with Crippen molar-refractivity contribution in [3.05, 3.63) is 41.7 Å². The van der Waals surface area contributed by atoms with Crippen molar-refractivity contribution in [1.29, 1.82) is 0 Å². The van der Waals surface area contributed by atoms with Crippen LogP contribution in [0.3, 0.4) is 0 Å². The van der Waals surface area contributed by atoms with E-state index in [1.54, 1.807) is 17.7 Å². The van der Waals surface area contributed by atoms with Gasteiger partial charge in [0.05, 0.1) is 10.2 Å². The van der Waals surface area contributed by atoms with E-state index in [1.807, 2.05) is 12.1 Å². The Balaban J connectivity index is 1.73. The van der Waals surface area contributed by atoms with Gasteiger partial charge < -0.3 is 9.80 Å². The van der Waals surface area contributed by atoms with Crippen LogP contribution in [0.25, 0.3) is 20.7 Å². The number of rotatable bonds is 2. The van der Waals surface area contributed by atoms with E-state index in [2.05, 4.69) is 45.0 Å². The van der Waals surface area contributed by atoms with Gasteiger partial charge in [0, 0.05) is 29.5 Å². The first kappa shape index (κ1) is 15.8. The van der Waals surface area contributed by atoms with Crippen LogP contribution in [0, 0.1) is 0 Å². The summed E-state index contributed by atoms with van der Waals surface area (Å²) in [5, 5.41) is 0.758. The first-order valence-corrected chi connectivity index (χ1v) is 9.34. The summed E-state index contributed by atoms with van der Waals surface area (Å²) in [6.07, 6.45) is 2.85. The SMILES string of the molecule is CN1CCCN(c2ncnc3cc(-c4ccc(Cl)cc4)sc23)CC1. The summed E-state index contributed by atoms with van der Waals surface area (Å²) in [5.74, 6) is 1.07. The van der Waals surface area contributed by atoms with Gasteiger partial charge in [-0.05, 0) is 43.8 Å². The third-order valence-electron chi connectivity index (χ3n) is 4.44. The molecule has 1 aromatic carbocycles. The van der Waals surface area contributed by atoms with Gasteiger partial charge in [0.1, 0.15) is 12.1 Å². The van der Waals surface area contributed by atoms with Gasteiger partial charge in [0.15, 0.2) is 0 Å². The molecule has 0 N–H and O–H groups in total.